The minimum absolute atomic E-state index is 0.0982. The molecule has 4 heterocycles. The fourth-order valence-electron chi connectivity index (χ4n) is 5.55. The predicted octanol–water partition coefficient (Wildman–Crippen LogP) is 6.17. The molecule has 0 aliphatic carbocycles. The van der Waals surface area contributed by atoms with E-state index < -0.39 is 17.6 Å². The standard InChI is InChI=1S/C30H36F4N6O2S/c1-3-42-27(41)7-10-38-11-13-39(14-12-38)24-6-8-35-26(18-24)36-29-37-28(25(43-29)19-40-9-4-5-20(40)2)21-15-22(30(32,33)34)17-23(31)16-21/h6,8,15-18,20H,3-5,7,9-14,19H2,1-2H3,(H,35,36,37)/t20-/m1/s1. The molecule has 0 unspecified atom stereocenters. The van der Waals surface area contributed by atoms with E-state index in [0.717, 1.165) is 68.3 Å². The van der Waals surface area contributed by atoms with Crippen molar-refractivity contribution in [3.8, 4) is 11.3 Å². The Morgan fingerprint density at radius 3 is 2.63 bits per heavy atom. The van der Waals surface area contributed by atoms with Crippen LogP contribution < -0.4 is 10.2 Å². The van der Waals surface area contributed by atoms with Gasteiger partial charge in [0.1, 0.15) is 11.6 Å². The highest BCUT2D eigenvalue weighted by atomic mass is 32.1. The molecule has 0 radical (unpaired) electrons. The van der Waals surface area contributed by atoms with E-state index in [1.807, 2.05) is 12.1 Å². The summed E-state index contributed by atoms with van der Waals surface area (Å²) in [5.74, 6) is -0.585. The summed E-state index contributed by atoms with van der Waals surface area (Å²) in [5.41, 5.74) is 0.374. The minimum atomic E-state index is -4.67. The molecule has 13 heteroatoms. The Labute approximate surface area is 252 Å². The Hall–Kier alpha value is -3.29. The van der Waals surface area contributed by atoms with Crippen LogP contribution in [-0.2, 0) is 22.3 Å². The maximum Gasteiger partial charge on any atom is 0.416 e. The Morgan fingerprint density at radius 1 is 1.14 bits per heavy atom. The molecule has 0 spiro atoms. The number of carbonyl (C=O) groups is 1. The zero-order chi connectivity index (χ0) is 30.6. The second-order valence-electron chi connectivity index (χ2n) is 10.9. The number of rotatable bonds is 10. The van der Waals surface area contributed by atoms with E-state index >= 15 is 0 Å². The number of alkyl halides is 3. The third-order valence-corrected chi connectivity index (χ3v) is 8.84. The number of anilines is 3. The molecular weight excluding hydrogens is 584 g/mol. The van der Waals surface area contributed by atoms with Crippen molar-refractivity contribution in [2.24, 2.45) is 0 Å². The van der Waals surface area contributed by atoms with Gasteiger partial charge in [-0.25, -0.2) is 14.4 Å². The molecule has 2 aromatic heterocycles. The second kappa shape index (κ2) is 13.6. The van der Waals surface area contributed by atoms with Gasteiger partial charge in [0.15, 0.2) is 5.13 Å². The van der Waals surface area contributed by atoms with Crippen molar-refractivity contribution in [3.63, 3.8) is 0 Å². The number of nitrogens with zero attached hydrogens (tertiary/aromatic N) is 5. The lowest BCUT2D eigenvalue weighted by molar-refractivity contribution is -0.143. The molecule has 0 amide bonds. The van der Waals surface area contributed by atoms with Gasteiger partial charge >= 0.3 is 12.1 Å². The maximum atomic E-state index is 14.4. The molecule has 1 N–H and O–H groups in total. The maximum absolute atomic E-state index is 14.4. The summed E-state index contributed by atoms with van der Waals surface area (Å²) in [6.45, 7) is 9.57. The summed E-state index contributed by atoms with van der Waals surface area (Å²) in [4.78, 5) is 28.3. The fourth-order valence-corrected chi connectivity index (χ4v) is 6.56. The Kier molecular flexibility index (Phi) is 9.82. The van der Waals surface area contributed by atoms with E-state index in [1.165, 1.54) is 11.3 Å². The number of carbonyl (C=O) groups excluding carboxylic acids is 1. The number of nitrogens with one attached hydrogen (secondary N) is 1. The van der Waals surface area contributed by atoms with E-state index in [0.29, 0.717) is 54.9 Å². The van der Waals surface area contributed by atoms with Gasteiger partial charge in [-0.2, -0.15) is 13.2 Å². The lowest BCUT2D eigenvalue weighted by atomic mass is 10.1. The number of piperazine rings is 1. The van der Waals surface area contributed by atoms with E-state index in [1.54, 1.807) is 13.1 Å². The van der Waals surface area contributed by atoms with Gasteiger partial charge in [-0.15, -0.1) is 0 Å². The van der Waals surface area contributed by atoms with Crippen LogP contribution in [0.15, 0.2) is 36.5 Å². The quantitative estimate of drug-likeness (QED) is 0.213. The highest BCUT2D eigenvalue weighted by Crippen LogP contribution is 2.38. The van der Waals surface area contributed by atoms with Crippen molar-refractivity contribution in [2.45, 2.75) is 51.9 Å². The molecule has 2 aliphatic rings. The van der Waals surface area contributed by atoms with E-state index in [9.17, 15) is 22.4 Å². The average Bonchev–Trinajstić information content (AvgIpc) is 3.57. The number of hydrogen-bond donors (Lipinski definition) is 1. The lowest BCUT2D eigenvalue weighted by Crippen LogP contribution is -2.47. The smallest absolute Gasteiger partial charge is 0.416 e. The Balaban J connectivity index is 1.32. The number of esters is 1. The van der Waals surface area contributed by atoms with Gasteiger partial charge in [-0.1, -0.05) is 11.3 Å². The number of aromatic nitrogens is 2. The molecule has 3 aromatic rings. The first-order chi connectivity index (χ1) is 20.6. The molecule has 43 heavy (non-hydrogen) atoms. The molecule has 1 atom stereocenters. The van der Waals surface area contributed by atoms with Gasteiger partial charge in [0.05, 0.1) is 24.3 Å². The minimum Gasteiger partial charge on any atom is -0.466 e. The molecule has 1 aromatic carbocycles. The van der Waals surface area contributed by atoms with Crippen molar-refractivity contribution in [3.05, 3.63) is 52.8 Å². The topological polar surface area (TPSA) is 73.8 Å². The molecule has 5 rings (SSSR count). The van der Waals surface area contributed by atoms with Crippen LogP contribution in [0.25, 0.3) is 11.3 Å². The molecule has 232 valence electrons. The van der Waals surface area contributed by atoms with Crippen molar-refractivity contribution in [1.82, 2.24) is 19.8 Å². The first kappa shape index (κ1) is 31.1. The molecule has 2 saturated heterocycles. The van der Waals surface area contributed by atoms with Crippen LogP contribution in [-0.4, -0.2) is 77.7 Å². The van der Waals surface area contributed by atoms with Crippen LogP contribution in [0.5, 0.6) is 0 Å². The van der Waals surface area contributed by atoms with Gasteiger partial charge in [0, 0.05) is 73.7 Å². The summed E-state index contributed by atoms with van der Waals surface area (Å²) in [6.07, 6.45) is -0.496. The number of halogens is 4. The molecular formula is C30H36F4N6O2S. The van der Waals surface area contributed by atoms with Gasteiger partial charge in [-0.05, 0) is 57.5 Å². The lowest BCUT2D eigenvalue weighted by Gasteiger charge is -2.36. The zero-order valence-electron chi connectivity index (χ0n) is 24.3. The van der Waals surface area contributed by atoms with Gasteiger partial charge in [0.25, 0.3) is 0 Å². The SMILES string of the molecule is CCOC(=O)CCN1CCN(c2ccnc(Nc3nc(-c4cc(F)cc(C(F)(F)F)c4)c(CN4CCC[C@H]4C)s3)c2)CC1. The number of likely N-dealkylation sites (tertiary alicyclic amines) is 1. The largest absolute Gasteiger partial charge is 0.466 e. The number of benzene rings is 1. The van der Waals surface area contributed by atoms with Crippen molar-refractivity contribution in [1.29, 1.82) is 0 Å². The predicted molar refractivity (Wildman–Crippen MR) is 159 cm³/mol. The first-order valence-electron chi connectivity index (χ1n) is 14.6. The fraction of sp³-hybridized carbons (Fsp3) is 0.500. The van der Waals surface area contributed by atoms with E-state index in [2.05, 4.69) is 36.9 Å². The highest BCUT2D eigenvalue weighted by Gasteiger charge is 2.32. The number of hydrogen-bond acceptors (Lipinski definition) is 9. The normalized spacial score (nSPS) is 18.3. The van der Waals surface area contributed by atoms with Crippen LogP contribution in [0.3, 0.4) is 0 Å². The zero-order valence-corrected chi connectivity index (χ0v) is 25.1. The van der Waals surface area contributed by atoms with Gasteiger partial charge in [-0.3, -0.25) is 14.6 Å². The van der Waals surface area contributed by atoms with Crippen LogP contribution in [0.1, 0.15) is 43.6 Å². The number of ether oxygens (including phenoxy) is 1. The highest BCUT2D eigenvalue weighted by molar-refractivity contribution is 7.16. The van der Waals surface area contributed by atoms with Gasteiger partial charge in [0.2, 0.25) is 0 Å². The third-order valence-electron chi connectivity index (χ3n) is 7.89. The molecule has 2 aliphatic heterocycles. The van der Waals surface area contributed by atoms with Crippen LogP contribution >= 0.6 is 11.3 Å². The van der Waals surface area contributed by atoms with Crippen molar-refractivity contribution >= 4 is 33.9 Å². The second-order valence-corrected chi connectivity index (χ2v) is 12.0. The molecule has 2 fully saturated rings. The van der Waals surface area contributed by atoms with Crippen LogP contribution in [0.4, 0.5) is 34.2 Å². The third kappa shape index (κ3) is 8.01. The Morgan fingerprint density at radius 2 is 1.93 bits per heavy atom. The van der Waals surface area contributed by atoms with Crippen molar-refractivity contribution in [2.75, 3.05) is 56.1 Å². The molecule has 8 nitrogen and oxygen atoms in total. The number of pyridine rings is 1. The van der Waals surface area contributed by atoms with Crippen LogP contribution in [0.2, 0.25) is 0 Å². The summed E-state index contributed by atoms with van der Waals surface area (Å²) >= 11 is 1.34. The first-order valence-corrected chi connectivity index (χ1v) is 15.4. The van der Waals surface area contributed by atoms with E-state index in [4.69, 9.17) is 4.74 Å². The monoisotopic (exact) mass is 620 g/mol. The average molecular weight is 621 g/mol. The summed E-state index contributed by atoms with van der Waals surface area (Å²) in [7, 11) is 0. The van der Waals surface area contributed by atoms with Crippen LogP contribution in [0, 0.1) is 5.82 Å². The van der Waals surface area contributed by atoms with Gasteiger partial charge < -0.3 is 15.0 Å². The summed E-state index contributed by atoms with van der Waals surface area (Å²) in [5, 5.41) is 3.71. The number of thiazole rings is 1. The van der Waals surface area contributed by atoms with Crippen molar-refractivity contribution < 1.29 is 27.1 Å². The summed E-state index contributed by atoms with van der Waals surface area (Å²) < 4.78 is 59.9. The van der Waals surface area contributed by atoms with E-state index in [-0.39, 0.29) is 11.5 Å². The molecule has 0 bridgehead atoms. The Bertz CT molecular complexity index is 1410. The molecule has 0 saturated carbocycles. The summed E-state index contributed by atoms with van der Waals surface area (Å²) in [6, 6.07) is 6.76.